The van der Waals surface area contributed by atoms with Gasteiger partial charge in [-0.3, -0.25) is 19.3 Å². The van der Waals surface area contributed by atoms with E-state index in [0.29, 0.717) is 5.69 Å². The summed E-state index contributed by atoms with van der Waals surface area (Å²) in [7, 11) is 0. The molecule has 0 aliphatic carbocycles. The highest BCUT2D eigenvalue weighted by Gasteiger charge is 2.38. The first-order chi connectivity index (χ1) is 9.56. The Balaban J connectivity index is 2.17. The minimum Gasteiger partial charge on any atom is -0.354 e. The van der Waals surface area contributed by atoms with E-state index < -0.39 is 17.6 Å². The summed E-state index contributed by atoms with van der Waals surface area (Å²) in [6, 6.07) is 6.57. The van der Waals surface area contributed by atoms with Crippen molar-refractivity contribution in [2.45, 2.75) is 6.42 Å². The fourth-order valence-electron chi connectivity index (χ4n) is 1.92. The Bertz CT molecular complexity index is 636. The molecule has 0 unspecified atom stereocenters. The predicted octanol–water partition coefficient (Wildman–Crippen LogP) is 0.899. The van der Waals surface area contributed by atoms with Gasteiger partial charge in [-0.05, 0) is 12.1 Å². The summed E-state index contributed by atoms with van der Waals surface area (Å²) in [5.41, 5.74) is 0.465. The standard InChI is InChI=1S/C13H10ClN3O3/c14-8-3-1-4-9-11(8)12(19)13(20)17(9)7-10(18)16-6-2-5-15/h1,3-4H,2,6-7H2,(H,16,18). The van der Waals surface area contributed by atoms with E-state index in [0.717, 1.165) is 4.90 Å². The molecule has 102 valence electrons. The Morgan fingerprint density at radius 3 is 2.85 bits per heavy atom. The summed E-state index contributed by atoms with van der Waals surface area (Å²) < 4.78 is 0. The summed E-state index contributed by atoms with van der Waals surface area (Å²) in [5, 5.41) is 11.1. The Kier molecular flexibility index (Phi) is 4.01. The van der Waals surface area contributed by atoms with Crippen molar-refractivity contribution in [2.24, 2.45) is 0 Å². The smallest absolute Gasteiger partial charge is 0.300 e. The zero-order valence-electron chi connectivity index (χ0n) is 10.4. The van der Waals surface area contributed by atoms with Crippen molar-refractivity contribution >= 4 is 34.9 Å². The van der Waals surface area contributed by atoms with Crippen molar-refractivity contribution in [2.75, 3.05) is 18.0 Å². The van der Waals surface area contributed by atoms with E-state index in [2.05, 4.69) is 5.32 Å². The third-order valence-corrected chi connectivity index (χ3v) is 3.12. The van der Waals surface area contributed by atoms with Crippen LogP contribution >= 0.6 is 11.6 Å². The molecule has 2 amide bonds. The van der Waals surface area contributed by atoms with Crippen LogP contribution in [0.3, 0.4) is 0 Å². The number of anilines is 1. The first-order valence-electron chi connectivity index (χ1n) is 5.84. The molecule has 0 aromatic heterocycles. The molecule has 0 bridgehead atoms. The number of nitrogens with one attached hydrogen (secondary N) is 1. The number of rotatable bonds is 4. The highest BCUT2D eigenvalue weighted by molar-refractivity contribution is 6.55. The van der Waals surface area contributed by atoms with Gasteiger partial charge in [0.15, 0.2) is 0 Å². The van der Waals surface area contributed by atoms with Crippen LogP contribution in [0.25, 0.3) is 0 Å². The van der Waals surface area contributed by atoms with Crippen LogP contribution in [0.15, 0.2) is 18.2 Å². The normalized spacial score (nSPS) is 13.1. The van der Waals surface area contributed by atoms with E-state index in [9.17, 15) is 14.4 Å². The molecule has 1 aromatic rings. The van der Waals surface area contributed by atoms with Crippen molar-refractivity contribution in [1.82, 2.24) is 5.32 Å². The van der Waals surface area contributed by atoms with E-state index in [1.807, 2.05) is 6.07 Å². The monoisotopic (exact) mass is 291 g/mol. The van der Waals surface area contributed by atoms with Crippen LogP contribution in [0.2, 0.25) is 5.02 Å². The van der Waals surface area contributed by atoms with Gasteiger partial charge >= 0.3 is 0 Å². The molecule has 0 saturated carbocycles. The molecule has 0 radical (unpaired) electrons. The maximum Gasteiger partial charge on any atom is 0.300 e. The van der Waals surface area contributed by atoms with Gasteiger partial charge in [-0.15, -0.1) is 0 Å². The molecule has 0 spiro atoms. The lowest BCUT2D eigenvalue weighted by Crippen LogP contribution is -2.40. The molecule has 1 N–H and O–H groups in total. The van der Waals surface area contributed by atoms with Crippen LogP contribution in [0, 0.1) is 11.3 Å². The molecule has 0 fully saturated rings. The van der Waals surface area contributed by atoms with Crippen LogP contribution in [-0.4, -0.2) is 30.7 Å². The first-order valence-corrected chi connectivity index (χ1v) is 6.22. The minimum atomic E-state index is -0.775. The number of hydrogen-bond donors (Lipinski definition) is 1. The van der Waals surface area contributed by atoms with Crippen LogP contribution < -0.4 is 10.2 Å². The first kappa shape index (κ1) is 14.0. The number of amides is 2. The van der Waals surface area contributed by atoms with E-state index in [1.165, 1.54) is 6.07 Å². The lowest BCUT2D eigenvalue weighted by atomic mass is 10.1. The van der Waals surface area contributed by atoms with Gasteiger partial charge in [0.2, 0.25) is 5.91 Å². The molecule has 20 heavy (non-hydrogen) atoms. The van der Waals surface area contributed by atoms with Gasteiger partial charge in [0.05, 0.1) is 28.8 Å². The zero-order valence-corrected chi connectivity index (χ0v) is 11.1. The maximum absolute atomic E-state index is 11.9. The van der Waals surface area contributed by atoms with E-state index in [-0.39, 0.29) is 30.1 Å². The molecule has 1 aliphatic rings. The van der Waals surface area contributed by atoms with Gasteiger partial charge in [-0.2, -0.15) is 5.26 Å². The number of nitriles is 1. The Hall–Kier alpha value is -2.39. The molecular weight excluding hydrogens is 282 g/mol. The second-order valence-corrected chi connectivity index (χ2v) is 4.52. The number of hydrogen-bond acceptors (Lipinski definition) is 4. The van der Waals surface area contributed by atoms with Crippen LogP contribution in [0.1, 0.15) is 16.8 Å². The Morgan fingerprint density at radius 2 is 2.15 bits per heavy atom. The van der Waals surface area contributed by atoms with Crippen molar-refractivity contribution < 1.29 is 14.4 Å². The molecular formula is C13H10ClN3O3. The summed E-state index contributed by atoms with van der Waals surface area (Å²) in [5.74, 6) is -1.92. The number of fused-ring (bicyclic) bond motifs is 1. The molecule has 1 aliphatic heterocycles. The van der Waals surface area contributed by atoms with E-state index in [4.69, 9.17) is 16.9 Å². The van der Waals surface area contributed by atoms with E-state index >= 15 is 0 Å². The molecule has 2 rings (SSSR count). The third kappa shape index (κ3) is 2.49. The largest absolute Gasteiger partial charge is 0.354 e. The SMILES string of the molecule is N#CCCNC(=O)CN1C(=O)C(=O)c2c(Cl)cccc21. The quantitative estimate of drug-likeness (QED) is 0.659. The minimum absolute atomic E-state index is 0.129. The van der Waals surface area contributed by atoms with Crippen molar-refractivity contribution in [3.63, 3.8) is 0 Å². The average molecular weight is 292 g/mol. The number of halogens is 1. The van der Waals surface area contributed by atoms with Gasteiger partial charge in [0, 0.05) is 6.54 Å². The zero-order chi connectivity index (χ0) is 14.7. The maximum atomic E-state index is 11.9. The second kappa shape index (κ2) is 5.72. The summed E-state index contributed by atoms with van der Waals surface area (Å²) in [4.78, 5) is 36.4. The van der Waals surface area contributed by atoms with Crippen LogP contribution in [0.5, 0.6) is 0 Å². The lowest BCUT2D eigenvalue weighted by Gasteiger charge is -2.15. The molecule has 1 aromatic carbocycles. The highest BCUT2D eigenvalue weighted by Crippen LogP contribution is 2.33. The highest BCUT2D eigenvalue weighted by atomic mass is 35.5. The van der Waals surface area contributed by atoms with Crippen molar-refractivity contribution in [1.29, 1.82) is 5.26 Å². The van der Waals surface area contributed by atoms with Crippen molar-refractivity contribution in [3.8, 4) is 6.07 Å². The van der Waals surface area contributed by atoms with Gasteiger partial charge < -0.3 is 5.32 Å². The predicted molar refractivity (Wildman–Crippen MR) is 71.4 cm³/mol. The summed E-state index contributed by atoms with van der Waals surface area (Å²) >= 11 is 5.90. The number of nitrogens with zero attached hydrogens (tertiary/aromatic N) is 2. The van der Waals surface area contributed by atoms with E-state index in [1.54, 1.807) is 12.1 Å². The molecule has 7 heteroatoms. The number of ketones is 1. The summed E-state index contributed by atoms with van der Waals surface area (Å²) in [6.07, 6.45) is 0.182. The Morgan fingerprint density at radius 1 is 1.40 bits per heavy atom. The van der Waals surface area contributed by atoms with Gasteiger partial charge in [0.1, 0.15) is 6.54 Å². The number of Topliss-reactive ketones (excluding diaryl/α,β-unsaturated/α-hetero) is 1. The van der Waals surface area contributed by atoms with Gasteiger partial charge in [-0.25, -0.2) is 0 Å². The molecule has 6 nitrogen and oxygen atoms in total. The lowest BCUT2D eigenvalue weighted by molar-refractivity contribution is -0.122. The number of carbonyl (C=O) groups is 3. The average Bonchev–Trinajstić information content (AvgIpc) is 2.65. The van der Waals surface area contributed by atoms with Crippen LogP contribution in [-0.2, 0) is 9.59 Å². The van der Waals surface area contributed by atoms with Crippen molar-refractivity contribution in [3.05, 3.63) is 28.8 Å². The van der Waals surface area contributed by atoms with Gasteiger partial charge in [-0.1, -0.05) is 17.7 Å². The molecule has 0 saturated heterocycles. The molecule has 1 heterocycles. The number of carbonyl (C=O) groups excluding carboxylic acids is 3. The number of benzene rings is 1. The summed E-state index contributed by atoms with van der Waals surface area (Å²) in [6.45, 7) is -0.0724. The molecule has 0 atom stereocenters. The topological polar surface area (TPSA) is 90.3 Å². The third-order valence-electron chi connectivity index (χ3n) is 2.81. The second-order valence-electron chi connectivity index (χ2n) is 4.11. The van der Waals surface area contributed by atoms with Crippen LogP contribution in [0.4, 0.5) is 5.69 Å². The fraction of sp³-hybridized carbons (Fsp3) is 0.231. The Labute approximate surface area is 119 Å². The van der Waals surface area contributed by atoms with Gasteiger partial charge in [0.25, 0.3) is 11.7 Å². The fourth-order valence-corrected chi connectivity index (χ4v) is 2.17.